The van der Waals surface area contributed by atoms with Gasteiger partial charge in [0.25, 0.3) is 0 Å². The Kier molecular flexibility index (Phi) is 7.36. The standard InChI is InChI=1S/C17H23N3.HI/c1-4-20-12-6-5-7-16(20)11-9-14-8-10-15(18-2)13-17(14)19-3;/h5-13,16,18-19H,4H2,1-3H3;1H. The molecule has 0 amide bonds. The lowest BCUT2D eigenvalue weighted by Crippen LogP contribution is -2.28. The first-order chi connectivity index (χ1) is 9.78. The van der Waals surface area contributed by atoms with Crippen LogP contribution >= 0.6 is 24.0 Å². The second-order valence-electron chi connectivity index (χ2n) is 4.71. The number of allylic oxidation sites excluding steroid dienone is 2. The van der Waals surface area contributed by atoms with Crippen LogP contribution in [0.4, 0.5) is 11.4 Å². The van der Waals surface area contributed by atoms with Crippen molar-refractivity contribution in [2.75, 3.05) is 31.3 Å². The number of hydrogen-bond acceptors (Lipinski definition) is 3. The Bertz CT molecular complexity index is 535. The summed E-state index contributed by atoms with van der Waals surface area (Å²) in [6, 6.07) is 6.67. The minimum absolute atomic E-state index is 0. The van der Waals surface area contributed by atoms with Crippen molar-refractivity contribution in [3.8, 4) is 0 Å². The molecule has 1 atom stereocenters. The highest BCUT2D eigenvalue weighted by Crippen LogP contribution is 2.22. The Morgan fingerprint density at radius 1 is 1.19 bits per heavy atom. The number of halogens is 1. The molecule has 4 heteroatoms. The largest absolute Gasteiger partial charge is 0.388 e. The number of nitrogens with zero attached hydrogens (tertiary/aromatic N) is 1. The molecule has 0 aromatic heterocycles. The van der Waals surface area contributed by atoms with Crippen LogP contribution in [0, 0.1) is 0 Å². The van der Waals surface area contributed by atoms with Crippen molar-refractivity contribution >= 4 is 41.4 Å². The summed E-state index contributed by atoms with van der Waals surface area (Å²) in [6.07, 6.45) is 12.9. The van der Waals surface area contributed by atoms with Crippen molar-refractivity contribution in [2.45, 2.75) is 13.0 Å². The van der Waals surface area contributed by atoms with Crippen molar-refractivity contribution in [1.29, 1.82) is 0 Å². The predicted octanol–water partition coefficient (Wildman–Crippen LogP) is 4.18. The van der Waals surface area contributed by atoms with Gasteiger partial charge >= 0.3 is 0 Å². The predicted molar refractivity (Wildman–Crippen MR) is 104 cm³/mol. The van der Waals surface area contributed by atoms with Crippen LogP contribution in [-0.2, 0) is 0 Å². The third kappa shape index (κ3) is 4.52. The average molecular weight is 397 g/mol. The Labute approximate surface area is 144 Å². The summed E-state index contributed by atoms with van der Waals surface area (Å²) in [7, 11) is 3.89. The van der Waals surface area contributed by atoms with Gasteiger partial charge in [-0.3, -0.25) is 0 Å². The maximum absolute atomic E-state index is 3.25. The van der Waals surface area contributed by atoms with E-state index >= 15 is 0 Å². The molecule has 21 heavy (non-hydrogen) atoms. The molecule has 1 aliphatic heterocycles. The number of rotatable bonds is 5. The normalized spacial score (nSPS) is 16.9. The maximum atomic E-state index is 3.25. The van der Waals surface area contributed by atoms with Gasteiger partial charge in [-0.2, -0.15) is 0 Å². The van der Waals surface area contributed by atoms with Crippen LogP contribution < -0.4 is 10.6 Å². The Balaban J connectivity index is 0.00000220. The Morgan fingerprint density at radius 2 is 2.00 bits per heavy atom. The zero-order valence-corrected chi connectivity index (χ0v) is 15.2. The molecular weight excluding hydrogens is 373 g/mol. The lowest BCUT2D eigenvalue weighted by atomic mass is 10.1. The molecule has 3 nitrogen and oxygen atoms in total. The first-order valence-corrected chi connectivity index (χ1v) is 7.07. The van der Waals surface area contributed by atoms with Gasteiger partial charge in [0.15, 0.2) is 0 Å². The zero-order valence-electron chi connectivity index (χ0n) is 12.8. The molecule has 0 radical (unpaired) electrons. The zero-order chi connectivity index (χ0) is 14.4. The summed E-state index contributed by atoms with van der Waals surface area (Å²) in [6.45, 7) is 3.18. The molecule has 2 N–H and O–H groups in total. The van der Waals surface area contributed by atoms with Crippen LogP contribution in [0.15, 0.2) is 48.7 Å². The van der Waals surface area contributed by atoms with E-state index in [-0.39, 0.29) is 24.0 Å². The van der Waals surface area contributed by atoms with Crippen molar-refractivity contribution < 1.29 is 0 Å². The van der Waals surface area contributed by atoms with E-state index in [2.05, 4.69) is 77.2 Å². The molecule has 0 aliphatic carbocycles. The first-order valence-electron chi connectivity index (χ1n) is 7.07. The van der Waals surface area contributed by atoms with Gasteiger partial charge in [0.2, 0.25) is 0 Å². The van der Waals surface area contributed by atoms with Crippen LogP contribution in [0.1, 0.15) is 12.5 Å². The van der Waals surface area contributed by atoms with Gasteiger partial charge in [-0.25, -0.2) is 0 Å². The van der Waals surface area contributed by atoms with Gasteiger partial charge in [0.1, 0.15) is 0 Å². The molecule has 1 heterocycles. The molecule has 0 bridgehead atoms. The highest BCUT2D eigenvalue weighted by molar-refractivity contribution is 14.0. The van der Waals surface area contributed by atoms with Gasteiger partial charge in [-0.1, -0.05) is 30.4 Å². The van der Waals surface area contributed by atoms with Crippen LogP contribution in [0.5, 0.6) is 0 Å². The van der Waals surface area contributed by atoms with E-state index in [0.29, 0.717) is 6.04 Å². The SMILES string of the molecule is CCN1C=CC=CC1C=Cc1ccc(NC)cc1NC.I. The minimum atomic E-state index is 0. The molecule has 0 saturated carbocycles. The first kappa shape index (κ1) is 17.6. The highest BCUT2D eigenvalue weighted by Gasteiger charge is 2.09. The van der Waals surface area contributed by atoms with Crippen molar-refractivity contribution in [2.24, 2.45) is 0 Å². The number of nitrogens with one attached hydrogen (secondary N) is 2. The highest BCUT2D eigenvalue weighted by atomic mass is 127. The quantitative estimate of drug-likeness (QED) is 0.731. The average Bonchev–Trinajstić information content (AvgIpc) is 2.52. The van der Waals surface area contributed by atoms with Crippen LogP contribution in [0.3, 0.4) is 0 Å². The molecule has 114 valence electrons. The molecule has 1 aliphatic rings. The fourth-order valence-corrected chi connectivity index (χ4v) is 2.31. The van der Waals surface area contributed by atoms with E-state index in [4.69, 9.17) is 0 Å². The third-order valence-corrected chi connectivity index (χ3v) is 3.53. The monoisotopic (exact) mass is 397 g/mol. The number of anilines is 2. The topological polar surface area (TPSA) is 27.3 Å². The van der Waals surface area contributed by atoms with E-state index in [1.54, 1.807) is 0 Å². The summed E-state index contributed by atoms with van der Waals surface area (Å²) in [4.78, 5) is 2.30. The fraction of sp³-hybridized carbons (Fsp3) is 0.294. The number of hydrogen-bond donors (Lipinski definition) is 2. The second-order valence-corrected chi connectivity index (χ2v) is 4.71. The summed E-state index contributed by atoms with van der Waals surface area (Å²) in [5.74, 6) is 0. The second kappa shape index (κ2) is 8.77. The molecule has 0 spiro atoms. The molecule has 2 rings (SSSR count). The Hall–Kier alpha value is -1.43. The fourth-order valence-electron chi connectivity index (χ4n) is 2.31. The van der Waals surface area contributed by atoms with E-state index < -0.39 is 0 Å². The minimum Gasteiger partial charge on any atom is -0.388 e. The van der Waals surface area contributed by atoms with Gasteiger partial charge in [-0.05, 0) is 36.9 Å². The molecule has 0 saturated heterocycles. The van der Waals surface area contributed by atoms with Crippen molar-refractivity contribution in [3.05, 3.63) is 54.3 Å². The molecular formula is C17H24IN3. The van der Waals surface area contributed by atoms with E-state index in [1.807, 2.05) is 14.1 Å². The third-order valence-electron chi connectivity index (χ3n) is 3.53. The summed E-state index contributed by atoms with van der Waals surface area (Å²) >= 11 is 0. The van der Waals surface area contributed by atoms with Gasteiger partial charge in [0, 0.05) is 32.0 Å². The molecule has 1 aromatic carbocycles. The molecule has 1 unspecified atom stereocenters. The van der Waals surface area contributed by atoms with Crippen LogP contribution in [-0.4, -0.2) is 31.6 Å². The van der Waals surface area contributed by atoms with Crippen LogP contribution in [0.25, 0.3) is 6.08 Å². The Morgan fingerprint density at radius 3 is 2.67 bits per heavy atom. The van der Waals surface area contributed by atoms with Crippen LogP contribution in [0.2, 0.25) is 0 Å². The molecule has 0 fully saturated rings. The summed E-state index contributed by atoms with van der Waals surface area (Å²) < 4.78 is 0. The van der Waals surface area contributed by atoms with Crippen molar-refractivity contribution in [1.82, 2.24) is 4.90 Å². The summed E-state index contributed by atoms with van der Waals surface area (Å²) in [5, 5.41) is 6.40. The van der Waals surface area contributed by atoms with E-state index in [1.165, 1.54) is 5.56 Å². The smallest absolute Gasteiger partial charge is 0.0657 e. The summed E-state index contributed by atoms with van der Waals surface area (Å²) in [5.41, 5.74) is 3.44. The lowest BCUT2D eigenvalue weighted by Gasteiger charge is -2.26. The maximum Gasteiger partial charge on any atom is 0.0657 e. The van der Waals surface area contributed by atoms with E-state index in [0.717, 1.165) is 17.9 Å². The number of likely N-dealkylation sites (N-methyl/N-ethyl adjacent to an activating group) is 1. The number of benzene rings is 1. The van der Waals surface area contributed by atoms with Gasteiger partial charge < -0.3 is 15.5 Å². The lowest BCUT2D eigenvalue weighted by molar-refractivity contribution is 0.376. The van der Waals surface area contributed by atoms with Crippen molar-refractivity contribution in [3.63, 3.8) is 0 Å². The van der Waals surface area contributed by atoms with Gasteiger partial charge in [0.05, 0.1) is 6.04 Å². The molecule has 1 aromatic rings. The van der Waals surface area contributed by atoms with Gasteiger partial charge in [-0.15, -0.1) is 24.0 Å². The van der Waals surface area contributed by atoms with E-state index in [9.17, 15) is 0 Å².